The molecule has 9 nitrogen and oxygen atoms in total. The third-order valence-corrected chi connectivity index (χ3v) is 10.8. The molecule has 3 aliphatic carbocycles. The van der Waals surface area contributed by atoms with Crippen molar-refractivity contribution in [2.24, 2.45) is 39.2 Å². The van der Waals surface area contributed by atoms with E-state index in [0.717, 1.165) is 12.8 Å². The molecule has 40 heavy (non-hydrogen) atoms. The van der Waals surface area contributed by atoms with E-state index in [-0.39, 0.29) is 47.8 Å². The third kappa shape index (κ3) is 4.36. The number of hydrogen-bond acceptors (Lipinski definition) is 9. The molecule has 0 radical (unpaired) electrons. The van der Waals surface area contributed by atoms with Gasteiger partial charge in [0.2, 0.25) is 0 Å². The number of carbonyl (C=O) groups is 2. The molecule has 1 aliphatic heterocycles. The summed E-state index contributed by atoms with van der Waals surface area (Å²) in [5.74, 6) is -2.03. The predicted molar refractivity (Wildman–Crippen MR) is 144 cm³/mol. The maximum Gasteiger partial charge on any atom is 0.494 e. The van der Waals surface area contributed by atoms with E-state index in [1.54, 1.807) is 12.3 Å². The van der Waals surface area contributed by atoms with Crippen LogP contribution in [0.5, 0.6) is 5.75 Å². The number of rotatable bonds is 6. The zero-order chi connectivity index (χ0) is 29.0. The Labute approximate surface area is 234 Å². The normalized spacial score (nSPS) is 39.0. The standard InChI is InChI=1S/C29H39BFNO8/c1-16-8-10-29-11-9-19(33)25(29)28(16,4)21(12-27(3,15-32-37-5)26(35)17(29)2)40-22(34)14-38-20-7-6-18-13-39-30(36)23(18)24(20)31/h6-7,15-17,21,25-26,35-36H,8-14H2,1-5H3/b32-15-/t16-,17-,21+,25-,26-,27-,28-,29-/m0/s1. The average Bonchev–Trinajstić information content (AvgIpc) is 3.48. The van der Waals surface area contributed by atoms with Gasteiger partial charge in [0.05, 0.1) is 18.9 Å². The van der Waals surface area contributed by atoms with Gasteiger partial charge in [-0.05, 0) is 54.6 Å². The van der Waals surface area contributed by atoms with Crippen LogP contribution in [0.15, 0.2) is 17.3 Å². The summed E-state index contributed by atoms with van der Waals surface area (Å²) in [5, 5.41) is 25.7. The van der Waals surface area contributed by atoms with Crippen LogP contribution in [0, 0.1) is 39.8 Å². The molecule has 8 atom stereocenters. The first-order valence-electron chi connectivity index (χ1n) is 14.1. The molecule has 1 aromatic rings. The second kappa shape index (κ2) is 10.4. The van der Waals surface area contributed by atoms with E-state index in [4.69, 9.17) is 19.0 Å². The molecule has 0 aromatic heterocycles. The Morgan fingerprint density at radius 3 is 2.77 bits per heavy atom. The van der Waals surface area contributed by atoms with Crippen LogP contribution >= 0.6 is 0 Å². The summed E-state index contributed by atoms with van der Waals surface area (Å²) in [6, 6.07) is 2.98. The van der Waals surface area contributed by atoms with Crippen molar-refractivity contribution in [3.8, 4) is 5.75 Å². The Morgan fingerprint density at radius 1 is 1.30 bits per heavy atom. The van der Waals surface area contributed by atoms with Gasteiger partial charge in [-0.2, -0.15) is 0 Å². The van der Waals surface area contributed by atoms with E-state index in [1.807, 2.05) is 20.8 Å². The minimum Gasteiger partial charge on any atom is -0.479 e. The maximum absolute atomic E-state index is 15.0. The molecule has 3 saturated carbocycles. The topological polar surface area (TPSA) is 124 Å². The fourth-order valence-electron chi connectivity index (χ4n) is 8.30. The Kier molecular flexibility index (Phi) is 7.55. The van der Waals surface area contributed by atoms with Crippen molar-refractivity contribution in [2.45, 2.75) is 78.6 Å². The summed E-state index contributed by atoms with van der Waals surface area (Å²) in [7, 11) is 0.0386. The molecule has 2 bridgehead atoms. The van der Waals surface area contributed by atoms with E-state index in [0.29, 0.717) is 18.4 Å². The summed E-state index contributed by atoms with van der Waals surface area (Å²) >= 11 is 0. The Bertz CT molecular complexity index is 1210. The molecule has 0 spiro atoms. The van der Waals surface area contributed by atoms with Crippen molar-refractivity contribution in [1.82, 2.24) is 0 Å². The van der Waals surface area contributed by atoms with Gasteiger partial charge in [0.1, 0.15) is 19.0 Å². The van der Waals surface area contributed by atoms with Crippen LogP contribution in [0.25, 0.3) is 0 Å². The zero-order valence-electron chi connectivity index (χ0n) is 23.8. The number of benzene rings is 1. The van der Waals surface area contributed by atoms with Crippen LogP contribution < -0.4 is 10.2 Å². The lowest BCUT2D eigenvalue weighted by atomic mass is 9.44. The van der Waals surface area contributed by atoms with Crippen molar-refractivity contribution in [3.05, 3.63) is 23.5 Å². The molecule has 1 aromatic carbocycles. The lowest BCUT2D eigenvalue weighted by Gasteiger charge is -2.61. The van der Waals surface area contributed by atoms with Gasteiger partial charge in [0.25, 0.3) is 0 Å². The monoisotopic (exact) mass is 559 g/mol. The van der Waals surface area contributed by atoms with Crippen LogP contribution in [0.2, 0.25) is 0 Å². The first-order valence-corrected chi connectivity index (χ1v) is 14.1. The number of nitrogens with zero attached hydrogens (tertiary/aromatic N) is 1. The molecule has 2 N–H and O–H groups in total. The van der Waals surface area contributed by atoms with Gasteiger partial charge in [-0.15, -0.1) is 0 Å². The number of ether oxygens (including phenoxy) is 2. The first kappa shape index (κ1) is 29.0. The fraction of sp³-hybridized carbons (Fsp3) is 0.690. The summed E-state index contributed by atoms with van der Waals surface area (Å²) in [5.41, 5.74) is -1.51. The van der Waals surface area contributed by atoms with Gasteiger partial charge in [0.15, 0.2) is 18.2 Å². The summed E-state index contributed by atoms with van der Waals surface area (Å²) in [6.45, 7) is 7.56. The number of ketones is 1. The minimum atomic E-state index is -1.39. The van der Waals surface area contributed by atoms with Crippen molar-refractivity contribution < 1.29 is 43.1 Å². The van der Waals surface area contributed by atoms with E-state index in [9.17, 15) is 24.1 Å². The highest BCUT2D eigenvalue weighted by molar-refractivity contribution is 6.61. The van der Waals surface area contributed by atoms with Crippen LogP contribution in [0.1, 0.15) is 65.4 Å². The second-order valence-electron chi connectivity index (χ2n) is 12.7. The number of oxime groups is 1. The Hall–Kier alpha value is -2.50. The van der Waals surface area contributed by atoms with Gasteiger partial charge in [-0.1, -0.05) is 38.9 Å². The smallest absolute Gasteiger partial charge is 0.479 e. The molecule has 1 heterocycles. The summed E-state index contributed by atoms with van der Waals surface area (Å²) in [4.78, 5) is 31.8. The maximum atomic E-state index is 15.0. The number of aliphatic hydroxyl groups is 1. The van der Waals surface area contributed by atoms with E-state index < -0.39 is 54.0 Å². The van der Waals surface area contributed by atoms with Crippen LogP contribution in [0.3, 0.4) is 0 Å². The number of halogens is 1. The molecular weight excluding hydrogens is 520 g/mol. The van der Waals surface area contributed by atoms with Crippen LogP contribution in [-0.4, -0.2) is 61.1 Å². The third-order valence-electron chi connectivity index (χ3n) is 10.8. The molecule has 11 heteroatoms. The molecule has 5 rings (SSSR count). The van der Waals surface area contributed by atoms with Crippen LogP contribution in [0.4, 0.5) is 4.39 Å². The van der Waals surface area contributed by atoms with Crippen molar-refractivity contribution in [3.63, 3.8) is 0 Å². The molecular formula is C29H39BFNO8. The van der Waals surface area contributed by atoms with Gasteiger partial charge >= 0.3 is 13.1 Å². The fourth-order valence-corrected chi connectivity index (χ4v) is 8.30. The number of aliphatic hydroxyl groups excluding tert-OH is 1. The number of hydrogen-bond donors (Lipinski definition) is 2. The van der Waals surface area contributed by atoms with Gasteiger partial charge in [-0.3, -0.25) is 4.79 Å². The van der Waals surface area contributed by atoms with Crippen molar-refractivity contribution in [1.29, 1.82) is 0 Å². The number of fused-ring (bicyclic) bond motifs is 1. The SMILES string of the molecule is CO/N=C\[C@]1(C)C[C@@H](OC(=O)COc2ccc3c(c2F)B(O)OC3)[C@@]2(C)[C@@H]3C(=O)CC[C@@]3(CC[C@@H]2C)[C@@H](C)[C@@H]1O. The molecule has 3 fully saturated rings. The quantitative estimate of drug-likeness (QED) is 0.236. The molecule has 0 unspecified atom stereocenters. The Balaban J connectivity index is 1.46. The number of esters is 1. The summed E-state index contributed by atoms with van der Waals surface area (Å²) < 4.78 is 31.7. The first-order chi connectivity index (χ1) is 18.9. The van der Waals surface area contributed by atoms with Gasteiger partial charge in [0, 0.05) is 28.6 Å². The van der Waals surface area contributed by atoms with Crippen molar-refractivity contribution >= 4 is 30.5 Å². The predicted octanol–water partition coefficient (Wildman–Crippen LogP) is 2.77. The van der Waals surface area contributed by atoms with E-state index in [1.165, 1.54) is 13.2 Å². The van der Waals surface area contributed by atoms with Gasteiger partial charge < -0.3 is 29.1 Å². The zero-order valence-corrected chi connectivity index (χ0v) is 23.8. The molecule has 0 saturated heterocycles. The van der Waals surface area contributed by atoms with Crippen LogP contribution in [-0.2, 0) is 30.4 Å². The largest absolute Gasteiger partial charge is 0.494 e. The lowest BCUT2D eigenvalue weighted by Crippen LogP contribution is -2.63. The Morgan fingerprint density at radius 2 is 2.05 bits per heavy atom. The molecule has 0 amide bonds. The molecule has 4 aliphatic rings. The highest BCUT2D eigenvalue weighted by Gasteiger charge is 2.68. The number of Topliss-reactive ketones (excluding diaryl/α,β-unsaturated/α-hetero) is 1. The molecule has 218 valence electrons. The van der Waals surface area contributed by atoms with Crippen molar-refractivity contribution in [2.75, 3.05) is 13.7 Å². The highest BCUT2D eigenvalue weighted by Crippen LogP contribution is 2.67. The van der Waals surface area contributed by atoms with E-state index in [2.05, 4.69) is 12.1 Å². The number of carbonyl (C=O) groups excluding carboxylic acids is 2. The highest BCUT2D eigenvalue weighted by atomic mass is 19.1. The second-order valence-corrected chi connectivity index (χ2v) is 12.7. The minimum absolute atomic E-state index is 0.00168. The van der Waals surface area contributed by atoms with Gasteiger partial charge in [-0.25, -0.2) is 9.18 Å². The summed E-state index contributed by atoms with van der Waals surface area (Å²) in [6.07, 6.45) is 2.97. The lowest BCUT2D eigenvalue weighted by molar-refractivity contribution is -0.205. The average molecular weight is 559 g/mol. The van der Waals surface area contributed by atoms with E-state index >= 15 is 0 Å².